The topological polar surface area (TPSA) is 121 Å². The summed E-state index contributed by atoms with van der Waals surface area (Å²) in [6.07, 6.45) is -10.2. The highest BCUT2D eigenvalue weighted by atomic mass is 19.4. The van der Waals surface area contributed by atoms with Crippen LogP contribution in [-0.2, 0) is 12.4 Å². The van der Waals surface area contributed by atoms with E-state index in [-0.39, 0.29) is 23.0 Å². The van der Waals surface area contributed by atoms with E-state index in [1.165, 1.54) is 6.07 Å². The Hall–Kier alpha value is -11.4. The molecule has 0 radical (unpaired) electrons. The minimum Gasteiger partial charge on any atom is -0.308 e. The molecule has 14 aromatic rings. The predicted molar refractivity (Wildman–Crippen MR) is 325 cm³/mol. The van der Waals surface area contributed by atoms with Crippen LogP contribution in [-0.4, -0.2) is 49.4 Å². The summed E-state index contributed by atoms with van der Waals surface area (Å²) >= 11 is 0. The van der Waals surface area contributed by atoms with Crippen LogP contribution in [0.3, 0.4) is 0 Å². The van der Waals surface area contributed by atoms with Crippen molar-refractivity contribution in [2.75, 3.05) is 0 Å². The highest BCUT2D eigenvalue weighted by molar-refractivity contribution is 6.12. The van der Waals surface area contributed by atoms with Crippen molar-refractivity contribution in [3.8, 4) is 119 Å². The average molecular weight is 1150 g/mol. The quantitative estimate of drug-likeness (QED) is 0.117. The maximum absolute atomic E-state index is 14.7. The van der Waals surface area contributed by atoms with Crippen LogP contribution >= 0.6 is 0 Å². The largest absolute Gasteiger partial charge is 0.416 e. The third-order valence-corrected chi connectivity index (χ3v) is 14.8. The van der Waals surface area contributed by atoms with Crippen molar-refractivity contribution in [2.24, 2.45) is 0 Å². The molecule has 0 saturated carbocycles. The number of halogens is 6. The van der Waals surface area contributed by atoms with Gasteiger partial charge >= 0.3 is 12.4 Å². The zero-order chi connectivity index (χ0) is 59.2. The van der Waals surface area contributed by atoms with E-state index < -0.39 is 23.5 Å². The van der Waals surface area contributed by atoms with Crippen LogP contribution in [0.4, 0.5) is 26.3 Å². The minimum absolute atomic E-state index is 0.0494. The number of fused-ring (bicyclic) bond motifs is 3. The van der Waals surface area contributed by atoms with E-state index in [9.17, 15) is 26.3 Å². The molecule has 0 bridgehead atoms. The van der Waals surface area contributed by atoms with Gasteiger partial charge in [-0.2, -0.15) is 26.3 Å². The second-order valence-corrected chi connectivity index (χ2v) is 20.4. The van der Waals surface area contributed by atoms with Gasteiger partial charge in [0.25, 0.3) is 0 Å². The van der Waals surface area contributed by atoms with Crippen LogP contribution in [0.25, 0.3) is 141 Å². The van der Waals surface area contributed by atoms with Gasteiger partial charge in [0.05, 0.1) is 27.8 Å². The first-order valence-electron chi connectivity index (χ1n) is 27.5. The molecule has 16 heteroatoms. The van der Waals surface area contributed by atoms with Gasteiger partial charge in [-0.25, -0.2) is 44.9 Å². The Bertz CT molecular complexity index is 4490. The summed E-state index contributed by atoms with van der Waals surface area (Å²) in [5.41, 5.74) is 4.29. The monoisotopic (exact) mass is 1150 g/mol. The summed E-state index contributed by atoms with van der Waals surface area (Å²) in [5, 5.41) is 1.32. The van der Waals surface area contributed by atoms with E-state index in [4.69, 9.17) is 44.9 Å². The SMILES string of the molecule is FC(F)(F)c1cc(-c2ccc(-c3nc(-c4ccccc4)nc(-c4ccccc4)n3)c(-n3c4ccc(-c5nc(-c6ccccc6)nc(-c6ccccc6)n5)cc4c4cc(-c5nc(-c6ccccc6)nc(-c6ccccc6)n5)ccc43)c2)cc(C(F)(F)F)c1. The second kappa shape index (κ2) is 22.0. The molecule has 0 amide bonds. The molecule has 0 aliphatic rings. The molecule has 0 atom stereocenters. The lowest BCUT2D eigenvalue weighted by molar-refractivity contribution is -0.143. The van der Waals surface area contributed by atoms with Gasteiger partial charge in [-0.1, -0.05) is 188 Å². The molecule has 0 unspecified atom stereocenters. The Morgan fingerprint density at radius 2 is 0.506 bits per heavy atom. The van der Waals surface area contributed by atoms with Crippen molar-refractivity contribution < 1.29 is 26.3 Å². The first kappa shape index (κ1) is 53.6. The van der Waals surface area contributed by atoms with Crippen LogP contribution in [0, 0.1) is 0 Å². The fraction of sp³-hybridized carbons (Fsp3) is 0.0282. The van der Waals surface area contributed by atoms with Crippen LogP contribution in [0.1, 0.15) is 11.1 Å². The predicted octanol–water partition coefficient (Wildman–Crippen LogP) is 18.0. The van der Waals surface area contributed by atoms with E-state index in [0.29, 0.717) is 102 Å². The molecule has 0 aliphatic heterocycles. The van der Waals surface area contributed by atoms with Crippen molar-refractivity contribution in [3.05, 3.63) is 266 Å². The Morgan fingerprint density at radius 1 is 0.230 bits per heavy atom. The number of alkyl halides is 6. The zero-order valence-electron chi connectivity index (χ0n) is 45.5. The van der Waals surface area contributed by atoms with Crippen molar-refractivity contribution in [2.45, 2.75) is 12.4 Å². The third-order valence-electron chi connectivity index (χ3n) is 14.8. The van der Waals surface area contributed by atoms with E-state index in [1.807, 2.05) is 223 Å². The highest BCUT2D eigenvalue weighted by Crippen LogP contribution is 2.44. The smallest absolute Gasteiger partial charge is 0.308 e. The molecule has 418 valence electrons. The molecule has 10 nitrogen and oxygen atoms in total. The molecule has 0 fully saturated rings. The van der Waals surface area contributed by atoms with Gasteiger partial charge in [0.15, 0.2) is 52.4 Å². The summed E-state index contributed by atoms with van der Waals surface area (Å²) in [7, 11) is 0. The number of hydrogen-bond donors (Lipinski definition) is 0. The van der Waals surface area contributed by atoms with E-state index in [2.05, 4.69) is 0 Å². The summed E-state index contributed by atoms with van der Waals surface area (Å²) in [4.78, 5) is 45.2. The molecule has 0 spiro atoms. The Balaban J connectivity index is 1.07. The van der Waals surface area contributed by atoms with Crippen LogP contribution in [0.5, 0.6) is 0 Å². The van der Waals surface area contributed by atoms with E-state index >= 15 is 0 Å². The molecule has 0 N–H and O–H groups in total. The second-order valence-electron chi connectivity index (χ2n) is 20.4. The summed E-state index contributed by atoms with van der Waals surface area (Å²) in [6.45, 7) is 0. The van der Waals surface area contributed by atoms with Gasteiger partial charge in [-0.05, 0) is 77.9 Å². The summed E-state index contributed by atoms with van der Waals surface area (Å²) in [5.74, 6) is 3.29. The molecule has 4 heterocycles. The number of rotatable bonds is 11. The molecule has 87 heavy (non-hydrogen) atoms. The van der Waals surface area contributed by atoms with E-state index in [0.717, 1.165) is 34.4 Å². The fourth-order valence-corrected chi connectivity index (χ4v) is 10.6. The fourth-order valence-electron chi connectivity index (χ4n) is 10.6. The van der Waals surface area contributed by atoms with Crippen molar-refractivity contribution >= 4 is 21.8 Å². The number of hydrogen-bond acceptors (Lipinski definition) is 9. The first-order chi connectivity index (χ1) is 42.3. The van der Waals surface area contributed by atoms with E-state index in [1.54, 1.807) is 12.1 Å². The summed E-state index contributed by atoms with van der Waals surface area (Å²) < 4.78 is 89.9. The molecular formula is C71H42F6N10. The molecular weight excluding hydrogens is 1110 g/mol. The highest BCUT2D eigenvalue weighted by Gasteiger charge is 2.37. The zero-order valence-corrected chi connectivity index (χ0v) is 45.5. The third kappa shape index (κ3) is 10.7. The van der Waals surface area contributed by atoms with Crippen molar-refractivity contribution in [1.29, 1.82) is 0 Å². The molecule has 14 rings (SSSR count). The van der Waals surface area contributed by atoms with Crippen molar-refractivity contribution in [3.63, 3.8) is 0 Å². The molecule has 10 aromatic carbocycles. The minimum atomic E-state index is -5.11. The van der Waals surface area contributed by atoms with Gasteiger partial charge in [-0.15, -0.1) is 0 Å². The maximum Gasteiger partial charge on any atom is 0.416 e. The Labute approximate surface area is 493 Å². The van der Waals surface area contributed by atoms with Crippen LogP contribution in [0.2, 0.25) is 0 Å². The standard InChI is InChI=1S/C71H42F6N10/c72-70(73,74)53-37-52(38-54(42-53)71(75,76)77)49-31-34-55(69-85-65(47-27-15-5-16-28-47)80-66(86-69)48-29-17-6-18-30-48)60(41-49)87-58-35-32-50(67-81-61(43-19-7-1-8-20-43)78-62(82-67)44-21-9-2-10-22-44)39-56(58)57-40-51(33-36-59(57)87)68-83-63(45-23-11-3-12-24-45)79-64(84-68)46-25-13-4-14-26-46/h1-42H. The van der Waals surface area contributed by atoms with Gasteiger partial charge in [0.2, 0.25) is 0 Å². The maximum atomic E-state index is 14.7. The van der Waals surface area contributed by atoms with Gasteiger partial charge < -0.3 is 4.57 Å². The molecule has 0 aliphatic carbocycles. The van der Waals surface area contributed by atoms with Crippen LogP contribution in [0.15, 0.2) is 255 Å². The van der Waals surface area contributed by atoms with Gasteiger partial charge in [-0.3, -0.25) is 0 Å². The Kier molecular flexibility index (Phi) is 13.5. The number of nitrogens with zero attached hydrogens (tertiary/aromatic N) is 10. The van der Waals surface area contributed by atoms with Crippen LogP contribution < -0.4 is 0 Å². The normalized spacial score (nSPS) is 11.8. The Morgan fingerprint density at radius 3 is 0.805 bits per heavy atom. The lowest BCUT2D eigenvalue weighted by Crippen LogP contribution is -2.11. The number of benzene rings is 10. The lowest BCUT2D eigenvalue weighted by atomic mass is 9.97. The van der Waals surface area contributed by atoms with Crippen molar-refractivity contribution in [1.82, 2.24) is 49.4 Å². The summed E-state index contributed by atoms with van der Waals surface area (Å²) in [6, 6.07) is 74.6. The van der Waals surface area contributed by atoms with Gasteiger partial charge in [0, 0.05) is 60.8 Å². The lowest BCUT2D eigenvalue weighted by Gasteiger charge is -2.18. The average Bonchev–Trinajstić information content (AvgIpc) is 1.86. The first-order valence-corrected chi connectivity index (χ1v) is 27.5. The molecule has 0 saturated heterocycles. The number of aromatic nitrogens is 10. The molecule has 4 aromatic heterocycles. The van der Waals surface area contributed by atoms with Gasteiger partial charge in [0.1, 0.15) is 0 Å².